The van der Waals surface area contributed by atoms with E-state index in [1.54, 1.807) is 25.1 Å². The average Bonchev–Trinajstić information content (AvgIpc) is 3.15. The van der Waals surface area contributed by atoms with Gasteiger partial charge in [-0.25, -0.2) is 0 Å². The van der Waals surface area contributed by atoms with Crippen LogP contribution in [0.25, 0.3) is 0 Å². The lowest BCUT2D eigenvalue weighted by molar-refractivity contribution is -0.147. The molecule has 6 N–H and O–H groups in total. The van der Waals surface area contributed by atoms with E-state index in [9.17, 15) is 14.4 Å². The van der Waals surface area contributed by atoms with Crippen molar-refractivity contribution in [2.75, 3.05) is 20.8 Å². The van der Waals surface area contributed by atoms with E-state index in [4.69, 9.17) is 31.1 Å². The van der Waals surface area contributed by atoms with E-state index in [-0.39, 0.29) is 36.0 Å². The van der Waals surface area contributed by atoms with E-state index in [1.807, 2.05) is 0 Å². The van der Waals surface area contributed by atoms with Gasteiger partial charge in [0, 0.05) is 42.5 Å². The van der Waals surface area contributed by atoms with Gasteiger partial charge in [0.15, 0.2) is 6.23 Å². The Kier molecular flexibility index (Phi) is 7.49. The average molecular weight is 469 g/mol. The Balaban J connectivity index is 1.87. The van der Waals surface area contributed by atoms with Gasteiger partial charge in [-0.05, 0) is 36.8 Å². The van der Waals surface area contributed by atoms with E-state index in [1.165, 1.54) is 37.3 Å². The van der Waals surface area contributed by atoms with Gasteiger partial charge >= 0.3 is 0 Å². The lowest BCUT2D eigenvalue weighted by atomic mass is 10.0. The highest BCUT2D eigenvalue weighted by atomic mass is 16.5. The number of nitrogens with zero attached hydrogens (tertiary/aromatic N) is 1. The summed E-state index contributed by atoms with van der Waals surface area (Å²) >= 11 is 0. The number of benzene rings is 2. The third-order valence-corrected chi connectivity index (χ3v) is 5.40. The van der Waals surface area contributed by atoms with Crippen LogP contribution in [-0.2, 0) is 20.8 Å². The number of rotatable bonds is 10. The maximum Gasteiger partial charge on any atom is 0.272 e. The fourth-order valence-corrected chi connectivity index (χ4v) is 3.73. The highest BCUT2D eigenvalue weighted by Crippen LogP contribution is 2.29. The molecular formula is C23H27N5O6. The van der Waals surface area contributed by atoms with Crippen molar-refractivity contribution in [3.63, 3.8) is 0 Å². The van der Waals surface area contributed by atoms with Gasteiger partial charge < -0.3 is 35.9 Å². The molecule has 0 aromatic heterocycles. The fraction of sp³-hybridized carbons (Fsp3) is 0.304. The molecule has 2 unspecified atom stereocenters. The molecule has 34 heavy (non-hydrogen) atoms. The van der Waals surface area contributed by atoms with Crippen LogP contribution in [0.2, 0.25) is 0 Å². The van der Waals surface area contributed by atoms with E-state index >= 15 is 0 Å². The molecule has 0 spiro atoms. The van der Waals surface area contributed by atoms with Gasteiger partial charge in [-0.15, -0.1) is 0 Å². The molecule has 0 aliphatic carbocycles. The summed E-state index contributed by atoms with van der Waals surface area (Å²) in [5.41, 5.74) is 12.8. The van der Waals surface area contributed by atoms with Gasteiger partial charge in [0.05, 0.1) is 7.11 Å². The van der Waals surface area contributed by atoms with Gasteiger partial charge in [0.2, 0.25) is 12.1 Å². The number of hydrogen-bond acceptors (Lipinski definition) is 7. The molecule has 11 nitrogen and oxygen atoms in total. The number of nitrogens with two attached hydrogens (primary N) is 2. The molecule has 0 fully saturated rings. The molecule has 180 valence electrons. The summed E-state index contributed by atoms with van der Waals surface area (Å²) in [6, 6.07) is 9.41. The molecule has 11 heteroatoms. The largest absolute Gasteiger partial charge is 0.497 e. The Morgan fingerprint density at radius 3 is 2.50 bits per heavy atom. The Hall–Kier alpha value is -3.96. The second-order valence-electron chi connectivity index (χ2n) is 7.47. The minimum atomic E-state index is -1.25. The summed E-state index contributed by atoms with van der Waals surface area (Å²) in [7, 11) is 2.87. The predicted octanol–water partition coefficient (Wildman–Crippen LogP) is 0.858. The maximum absolute atomic E-state index is 13.2. The van der Waals surface area contributed by atoms with Crippen LogP contribution in [0.4, 0.5) is 0 Å². The SMILES string of the molecule is CCOC(C(=O)NC(OC)c1ccc(C(=N)N)cc1C(N)=O)N1Cc2cc(OC)ccc2C1=O. The van der Waals surface area contributed by atoms with Crippen LogP contribution in [0.5, 0.6) is 5.75 Å². The first kappa shape index (κ1) is 24.7. The molecule has 2 atom stereocenters. The molecule has 3 rings (SSSR count). The fourth-order valence-electron chi connectivity index (χ4n) is 3.73. The molecule has 1 aliphatic rings. The molecule has 0 saturated heterocycles. The zero-order valence-electron chi connectivity index (χ0n) is 19.1. The first-order chi connectivity index (χ1) is 16.2. The van der Waals surface area contributed by atoms with Crippen molar-refractivity contribution < 1.29 is 28.6 Å². The van der Waals surface area contributed by atoms with Gasteiger partial charge in [-0.3, -0.25) is 19.8 Å². The van der Waals surface area contributed by atoms with Crippen molar-refractivity contribution in [2.45, 2.75) is 25.9 Å². The minimum absolute atomic E-state index is 0.0320. The second kappa shape index (κ2) is 10.3. The molecular weight excluding hydrogens is 442 g/mol. The van der Waals surface area contributed by atoms with Crippen LogP contribution in [0, 0.1) is 5.41 Å². The maximum atomic E-state index is 13.2. The van der Waals surface area contributed by atoms with E-state index in [2.05, 4.69) is 5.32 Å². The van der Waals surface area contributed by atoms with Crippen molar-refractivity contribution in [2.24, 2.45) is 11.5 Å². The van der Waals surface area contributed by atoms with Gasteiger partial charge in [-0.2, -0.15) is 0 Å². The summed E-state index contributed by atoms with van der Waals surface area (Å²) in [5, 5.41) is 10.2. The zero-order valence-corrected chi connectivity index (χ0v) is 19.1. The van der Waals surface area contributed by atoms with Crippen molar-refractivity contribution >= 4 is 23.6 Å². The molecule has 1 heterocycles. The third kappa shape index (κ3) is 4.85. The number of nitrogens with one attached hydrogen (secondary N) is 2. The quantitative estimate of drug-likeness (QED) is 0.227. The Labute approximate surface area is 196 Å². The first-order valence-corrected chi connectivity index (χ1v) is 10.4. The molecule has 0 saturated carbocycles. The lowest BCUT2D eigenvalue weighted by Crippen LogP contribution is -2.50. The third-order valence-electron chi connectivity index (χ3n) is 5.40. The van der Waals surface area contributed by atoms with Crippen molar-refractivity contribution in [3.05, 3.63) is 64.2 Å². The van der Waals surface area contributed by atoms with Crippen LogP contribution in [0.1, 0.15) is 50.6 Å². The Morgan fingerprint density at radius 2 is 1.91 bits per heavy atom. The monoisotopic (exact) mass is 469 g/mol. The number of carbonyl (C=O) groups is 3. The Bertz CT molecular complexity index is 1130. The number of methoxy groups -OCH3 is 2. The molecule has 1 aliphatic heterocycles. The number of nitrogen functional groups attached to an aromatic ring is 1. The molecule has 0 bridgehead atoms. The van der Waals surface area contributed by atoms with Gasteiger partial charge in [0.1, 0.15) is 11.6 Å². The van der Waals surface area contributed by atoms with Crippen LogP contribution >= 0.6 is 0 Å². The number of primary amides is 1. The highest BCUT2D eigenvalue weighted by molar-refractivity contribution is 6.02. The van der Waals surface area contributed by atoms with Crippen LogP contribution in [0.3, 0.4) is 0 Å². The zero-order chi connectivity index (χ0) is 25.0. The number of hydrogen-bond donors (Lipinski definition) is 4. The molecule has 2 aromatic carbocycles. The number of amides is 3. The minimum Gasteiger partial charge on any atom is -0.497 e. The predicted molar refractivity (Wildman–Crippen MR) is 122 cm³/mol. The summed E-state index contributed by atoms with van der Waals surface area (Å²) < 4.78 is 16.3. The van der Waals surface area contributed by atoms with E-state index < -0.39 is 24.3 Å². The highest BCUT2D eigenvalue weighted by Gasteiger charge is 2.38. The van der Waals surface area contributed by atoms with E-state index in [0.717, 1.165) is 0 Å². The molecule has 0 radical (unpaired) electrons. The lowest BCUT2D eigenvalue weighted by Gasteiger charge is -2.28. The summed E-state index contributed by atoms with van der Waals surface area (Å²) in [6.07, 6.45) is -2.33. The summed E-state index contributed by atoms with van der Waals surface area (Å²) in [6.45, 7) is 2.02. The van der Waals surface area contributed by atoms with Crippen molar-refractivity contribution in [1.82, 2.24) is 10.2 Å². The van der Waals surface area contributed by atoms with E-state index in [0.29, 0.717) is 22.4 Å². The Morgan fingerprint density at radius 1 is 1.18 bits per heavy atom. The second-order valence-corrected chi connectivity index (χ2v) is 7.47. The summed E-state index contributed by atoms with van der Waals surface area (Å²) in [5.74, 6) is -1.43. The number of fused-ring (bicyclic) bond motifs is 1. The topological polar surface area (TPSA) is 170 Å². The smallest absolute Gasteiger partial charge is 0.272 e. The number of ether oxygens (including phenoxy) is 3. The molecule has 2 aromatic rings. The number of amidine groups is 1. The van der Waals surface area contributed by atoms with Crippen LogP contribution in [0.15, 0.2) is 36.4 Å². The van der Waals surface area contributed by atoms with Crippen LogP contribution in [-0.4, -0.2) is 55.5 Å². The van der Waals surface area contributed by atoms with Crippen molar-refractivity contribution in [1.29, 1.82) is 5.41 Å². The van der Waals surface area contributed by atoms with Crippen molar-refractivity contribution in [3.8, 4) is 5.75 Å². The first-order valence-electron chi connectivity index (χ1n) is 10.4. The van der Waals surface area contributed by atoms with Gasteiger partial charge in [-0.1, -0.05) is 12.1 Å². The standard InChI is InChI=1S/C23H27N5O6/c1-4-34-23(28-11-13-9-14(32-2)6-8-15(13)22(28)31)20(30)27-21(33-3)16-7-5-12(18(24)25)10-17(16)19(26)29/h5-10,21,23H,4,11H2,1-3H3,(H3,24,25)(H2,26,29)(H,27,30). The summed E-state index contributed by atoms with van der Waals surface area (Å²) in [4.78, 5) is 39.6. The normalized spacial score (nSPS) is 14.3. The number of carbonyl (C=O) groups excluding carboxylic acids is 3. The molecule has 3 amide bonds. The van der Waals surface area contributed by atoms with Gasteiger partial charge in [0.25, 0.3) is 11.8 Å². The van der Waals surface area contributed by atoms with Crippen LogP contribution < -0.4 is 21.5 Å².